The van der Waals surface area contributed by atoms with Crippen LogP contribution in [0.25, 0.3) is 0 Å². The van der Waals surface area contributed by atoms with E-state index in [2.05, 4.69) is 19.7 Å². The van der Waals surface area contributed by atoms with Gasteiger partial charge in [-0.25, -0.2) is 9.05 Å². The number of rotatable bonds is 14. The van der Waals surface area contributed by atoms with Crippen LogP contribution in [0.1, 0.15) is 24.0 Å². The van der Waals surface area contributed by atoms with Crippen molar-refractivity contribution < 1.29 is 40.8 Å². The molecule has 7 nitrogen and oxygen atoms in total. The number of carbonyl (C=O) groups is 2. The van der Waals surface area contributed by atoms with Gasteiger partial charge in [0, 0.05) is 0 Å². The van der Waals surface area contributed by atoms with Gasteiger partial charge in [0.1, 0.15) is 0 Å². The predicted octanol–water partition coefficient (Wildman–Crippen LogP) is 9.80. The topological polar surface area (TPSA) is 93.7 Å². The molecule has 4 aromatic rings. The van der Waals surface area contributed by atoms with E-state index in [-0.39, 0.29) is 21.2 Å². The Labute approximate surface area is 307 Å². The molecule has 2 aliphatic carbocycles. The summed E-state index contributed by atoms with van der Waals surface area (Å²) in [5, 5.41) is 6.58. The Morgan fingerprint density at radius 3 is 1.31 bits per heavy atom. The third-order valence-electron chi connectivity index (χ3n) is 9.20. The summed E-state index contributed by atoms with van der Waals surface area (Å²) < 4.78 is 85.6. The molecule has 14 heteroatoms. The molecule has 0 spiro atoms. The number of para-hydroxylation sites is 2. The fourth-order valence-electron chi connectivity index (χ4n) is 6.83. The molecule has 2 N–H and O–H groups in total. The monoisotopic (exact) mass is 772 g/mol. The Morgan fingerprint density at radius 2 is 0.942 bits per heavy atom. The Hall–Kier alpha value is -4.25. The fourth-order valence-corrected chi connectivity index (χ4v) is 7.89. The van der Waals surface area contributed by atoms with Gasteiger partial charge in [-0.05, 0) is 47.5 Å². The number of nitrogens with one attached hydrogen (secondary N) is 2. The molecule has 0 saturated heterocycles. The van der Waals surface area contributed by atoms with E-state index < -0.39 is 67.8 Å². The standard InChI is InChI=1S/C38H31Cl2F4N2O5P/c39-27-15-7-9-17-29(27)45-31-19-21-33(47)35(31,25-11-3-1-4-12-25)23-37(41,42)50-52(49)51-38(43,44)24-36(26-13-5-2-6-14-26)32(20-22-34(36)48)46-30-18-10-8-16-28(30)40/h1-22,31-32,45-46,52H,23-24H2/t31-,32-,35-,36-/m1/s1. The molecule has 0 amide bonds. The van der Waals surface area contributed by atoms with Gasteiger partial charge in [-0.2, -0.15) is 17.6 Å². The molecule has 0 unspecified atom stereocenters. The molecule has 2 aliphatic rings. The van der Waals surface area contributed by atoms with Crippen LogP contribution in [0.5, 0.6) is 0 Å². The average molecular weight is 774 g/mol. The first-order valence-electron chi connectivity index (χ1n) is 16.0. The predicted molar refractivity (Wildman–Crippen MR) is 193 cm³/mol. The molecule has 6 rings (SSSR count). The smallest absolute Gasteiger partial charge is 0.363 e. The largest absolute Gasteiger partial charge is 0.376 e. The van der Waals surface area contributed by atoms with E-state index in [1.54, 1.807) is 84.9 Å². The van der Waals surface area contributed by atoms with Crippen molar-refractivity contribution in [3.63, 3.8) is 0 Å². The van der Waals surface area contributed by atoms with Crippen LogP contribution in [0.15, 0.2) is 133 Å². The van der Waals surface area contributed by atoms with Crippen molar-refractivity contribution in [2.24, 2.45) is 0 Å². The van der Waals surface area contributed by atoms with Gasteiger partial charge in [-0.3, -0.25) is 14.2 Å². The molecule has 0 bridgehead atoms. The first-order chi connectivity index (χ1) is 24.8. The Kier molecular flexibility index (Phi) is 10.8. The fraction of sp³-hybridized carbons (Fsp3) is 0.211. The van der Waals surface area contributed by atoms with Crippen LogP contribution in [-0.2, 0) is 34.0 Å². The van der Waals surface area contributed by atoms with Crippen molar-refractivity contribution in [3.05, 3.63) is 155 Å². The highest BCUT2D eigenvalue weighted by Crippen LogP contribution is 2.51. The number of hydrogen-bond acceptors (Lipinski definition) is 7. The number of anilines is 2. The third-order valence-corrected chi connectivity index (χ3v) is 10.8. The maximum Gasteiger partial charge on any atom is 0.363 e. The van der Waals surface area contributed by atoms with Crippen LogP contribution >= 0.6 is 31.5 Å². The number of halogens is 6. The van der Waals surface area contributed by atoms with E-state index in [1.807, 2.05) is 0 Å². The van der Waals surface area contributed by atoms with Crippen LogP contribution in [0.3, 0.4) is 0 Å². The summed E-state index contributed by atoms with van der Waals surface area (Å²) >= 11 is 12.6. The van der Waals surface area contributed by atoms with Gasteiger partial charge in [0.05, 0.1) is 57.2 Å². The van der Waals surface area contributed by atoms with Crippen molar-refractivity contribution in [1.82, 2.24) is 0 Å². The minimum absolute atomic E-state index is 0.165. The van der Waals surface area contributed by atoms with E-state index in [0.717, 1.165) is 12.2 Å². The summed E-state index contributed by atoms with van der Waals surface area (Å²) in [6.07, 6.45) is -6.61. The number of hydrogen-bond donors (Lipinski definition) is 2. The van der Waals surface area contributed by atoms with Crippen LogP contribution < -0.4 is 10.6 Å². The van der Waals surface area contributed by atoms with E-state index in [0.29, 0.717) is 11.4 Å². The summed E-state index contributed by atoms with van der Waals surface area (Å²) in [5.41, 5.74) is -3.05. The van der Waals surface area contributed by atoms with Gasteiger partial charge in [-0.15, -0.1) is 0 Å². The minimum Gasteiger partial charge on any atom is -0.376 e. The highest BCUT2D eigenvalue weighted by Gasteiger charge is 2.58. The number of benzene rings is 4. The number of alkyl halides is 4. The zero-order valence-corrected chi connectivity index (χ0v) is 29.6. The molecule has 0 radical (unpaired) electrons. The Balaban J connectivity index is 1.25. The maximum absolute atomic E-state index is 15.9. The summed E-state index contributed by atoms with van der Waals surface area (Å²) in [6, 6.07) is 26.1. The minimum atomic E-state index is -4.70. The summed E-state index contributed by atoms with van der Waals surface area (Å²) in [5.74, 6) is -1.46. The van der Waals surface area contributed by atoms with E-state index in [4.69, 9.17) is 23.2 Å². The van der Waals surface area contributed by atoms with Crippen molar-refractivity contribution in [2.45, 2.75) is 48.0 Å². The van der Waals surface area contributed by atoms with Gasteiger partial charge in [-0.1, -0.05) is 120 Å². The maximum atomic E-state index is 15.9. The van der Waals surface area contributed by atoms with Gasteiger partial charge in [0.25, 0.3) is 0 Å². The zero-order valence-electron chi connectivity index (χ0n) is 27.1. The number of carbonyl (C=O) groups excluding carboxylic acids is 2. The summed E-state index contributed by atoms with van der Waals surface area (Å²) in [6.45, 7) is 0. The van der Waals surface area contributed by atoms with Crippen molar-refractivity contribution in [1.29, 1.82) is 0 Å². The molecule has 0 aromatic heterocycles. The molecule has 4 atom stereocenters. The van der Waals surface area contributed by atoms with Crippen molar-refractivity contribution in [2.75, 3.05) is 10.6 Å². The lowest BCUT2D eigenvalue weighted by Crippen LogP contribution is -2.50. The molecule has 0 fully saturated rings. The lowest BCUT2D eigenvalue weighted by atomic mass is 9.71. The van der Waals surface area contributed by atoms with Crippen LogP contribution in [0, 0.1) is 0 Å². The Morgan fingerprint density at radius 1 is 0.596 bits per heavy atom. The SMILES string of the molecule is O=C1C=C[C@@H](Nc2ccccc2Cl)[C@@]1(CC(F)(F)O[PH](=O)OC(F)(F)C[C@]1(c2ccccc2)C(=O)C=C[C@H]1Nc1ccccc1Cl)c1ccccc1. The zero-order chi connectivity index (χ0) is 37.1. The van der Waals surface area contributed by atoms with Crippen molar-refractivity contribution >= 4 is 54.4 Å². The lowest BCUT2D eigenvalue weighted by molar-refractivity contribution is -0.224. The van der Waals surface area contributed by atoms with Crippen LogP contribution in [-0.4, -0.2) is 35.9 Å². The molecule has 0 aliphatic heterocycles. The highest BCUT2D eigenvalue weighted by molar-refractivity contribution is 7.33. The molecule has 0 heterocycles. The third kappa shape index (κ3) is 7.61. The summed E-state index contributed by atoms with van der Waals surface area (Å²) in [7, 11) is -4.70. The number of allylic oxidation sites excluding steroid dienone is 2. The van der Waals surface area contributed by atoms with E-state index in [9.17, 15) is 14.2 Å². The molecule has 270 valence electrons. The van der Waals surface area contributed by atoms with Crippen LogP contribution in [0.2, 0.25) is 10.0 Å². The summed E-state index contributed by atoms with van der Waals surface area (Å²) in [4.78, 5) is 27.1. The van der Waals surface area contributed by atoms with E-state index >= 15 is 17.6 Å². The molecule has 0 saturated carbocycles. The second-order valence-electron chi connectivity index (χ2n) is 12.4. The lowest BCUT2D eigenvalue weighted by Gasteiger charge is -2.38. The van der Waals surface area contributed by atoms with Gasteiger partial charge in [0.2, 0.25) is 0 Å². The second-order valence-corrected chi connectivity index (χ2v) is 14.1. The molecular formula is C38H31Cl2F4N2O5P. The van der Waals surface area contributed by atoms with Gasteiger partial charge < -0.3 is 10.6 Å². The normalized spacial score (nSPS) is 23.1. The molecule has 4 aromatic carbocycles. The van der Waals surface area contributed by atoms with Crippen LogP contribution in [0.4, 0.5) is 28.9 Å². The molecule has 52 heavy (non-hydrogen) atoms. The average Bonchev–Trinajstić information content (AvgIpc) is 3.58. The number of ketones is 2. The highest BCUT2D eigenvalue weighted by atomic mass is 35.5. The van der Waals surface area contributed by atoms with E-state index in [1.165, 1.54) is 36.4 Å². The quantitative estimate of drug-likeness (QED) is 0.0974. The Bertz CT molecular complexity index is 1900. The molecular weight excluding hydrogens is 742 g/mol. The second kappa shape index (κ2) is 15.0. The first-order valence-corrected chi connectivity index (χ1v) is 18.0. The van der Waals surface area contributed by atoms with Crippen molar-refractivity contribution in [3.8, 4) is 0 Å². The first kappa shape index (κ1) is 37.5. The van der Waals surface area contributed by atoms with Gasteiger partial charge >= 0.3 is 20.5 Å². The van der Waals surface area contributed by atoms with Gasteiger partial charge in [0.15, 0.2) is 11.6 Å².